The minimum atomic E-state index is -1.71. The fourth-order valence-electron chi connectivity index (χ4n) is 5.17. The monoisotopic (exact) mass is 363 g/mol. The number of hydrogen-bond donors (Lipinski definition) is 0. The Morgan fingerprint density at radius 2 is 1.96 bits per heavy atom. The molecule has 2 atom stereocenters. The first-order valence-electron chi connectivity index (χ1n) is 9.80. The van der Waals surface area contributed by atoms with Crippen LogP contribution in [0.5, 0.6) is 0 Å². The van der Waals surface area contributed by atoms with Crippen molar-refractivity contribution in [2.75, 3.05) is 26.7 Å². The van der Waals surface area contributed by atoms with E-state index in [-0.39, 0.29) is 12.0 Å². The molecule has 0 radical (unpaired) electrons. The molecule has 138 valence electrons. The molecule has 1 aromatic heterocycles. The number of rotatable bonds is 4. The standard InChI is InChI=1S/C20H29NO3S/c1-21-11-9-15(10-12-21)17(14-21)24-19(22)20(23,18-8-5-13-25-18)16-6-3-2-4-7-16/h5,8,13,15-17H,2-4,6-7,9-12,14H2,1H3/t15?,17-,20?,21?/m1/s1. The number of thiophene rings is 1. The van der Waals surface area contributed by atoms with E-state index >= 15 is 0 Å². The molecule has 5 rings (SSSR count). The molecule has 3 aliphatic heterocycles. The van der Waals surface area contributed by atoms with E-state index in [0.29, 0.717) is 10.8 Å². The van der Waals surface area contributed by atoms with Crippen LogP contribution in [0.2, 0.25) is 0 Å². The van der Waals surface area contributed by atoms with Gasteiger partial charge in [-0.3, -0.25) is 4.79 Å². The SMILES string of the molecule is C[N+]12CCC(CC1)[C@H](OC(=O)C([O-])(c1cccs1)C1CCCCC1)C2. The van der Waals surface area contributed by atoms with Crippen LogP contribution < -0.4 is 5.11 Å². The predicted octanol–water partition coefficient (Wildman–Crippen LogP) is 2.67. The summed E-state index contributed by atoms with van der Waals surface area (Å²) in [6.45, 7) is 3.23. The first-order chi connectivity index (χ1) is 12.0. The Kier molecular flexibility index (Phi) is 4.67. The lowest BCUT2D eigenvalue weighted by molar-refractivity contribution is -0.928. The molecule has 1 aliphatic carbocycles. The summed E-state index contributed by atoms with van der Waals surface area (Å²) < 4.78 is 6.96. The molecular formula is C20H29NO3S. The number of piperidine rings is 3. The van der Waals surface area contributed by atoms with Crippen LogP contribution in [0.1, 0.15) is 49.8 Å². The maximum Gasteiger partial charge on any atom is 0.301 e. The van der Waals surface area contributed by atoms with Crippen LogP contribution in [0.4, 0.5) is 0 Å². The van der Waals surface area contributed by atoms with Crippen LogP contribution in [-0.4, -0.2) is 43.2 Å². The van der Waals surface area contributed by atoms with E-state index in [1.165, 1.54) is 30.8 Å². The van der Waals surface area contributed by atoms with Crippen molar-refractivity contribution in [3.8, 4) is 0 Å². The topological polar surface area (TPSA) is 49.4 Å². The lowest BCUT2D eigenvalue weighted by Gasteiger charge is -2.51. The summed E-state index contributed by atoms with van der Waals surface area (Å²) in [4.78, 5) is 13.8. The van der Waals surface area contributed by atoms with Crippen molar-refractivity contribution >= 4 is 17.3 Å². The van der Waals surface area contributed by atoms with Crippen LogP contribution >= 0.6 is 11.3 Å². The second-order valence-corrected chi connectivity index (χ2v) is 9.53. The Balaban J connectivity index is 1.56. The third-order valence-electron chi connectivity index (χ3n) is 6.85. The predicted molar refractivity (Wildman–Crippen MR) is 96.0 cm³/mol. The fraction of sp³-hybridized carbons (Fsp3) is 0.750. The molecule has 0 N–H and O–H groups in total. The highest BCUT2D eigenvalue weighted by molar-refractivity contribution is 7.10. The molecule has 4 fully saturated rings. The van der Waals surface area contributed by atoms with Gasteiger partial charge in [0.05, 0.1) is 20.1 Å². The summed E-state index contributed by atoms with van der Waals surface area (Å²) in [5.74, 6) is -0.187. The maximum absolute atomic E-state index is 13.9. The number of carbonyl (C=O) groups is 1. The summed E-state index contributed by atoms with van der Waals surface area (Å²) in [5.41, 5.74) is -1.71. The van der Waals surface area contributed by atoms with E-state index in [9.17, 15) is 9.90 Å². The molecule has 25 heavy (non-hydrogen) atoms. The van der Waals surface area contributed by atoms with Crippen LogP contribution in [0.3, 0.4) is 0 Å². The number of likely N-dealkylation sites (N-methyl/N-ethyl adjacent to an activating group) is 1. The third kappa shape index (κ3) is 3.15. The molecule has 1 aromatic rings. The summed E-state index contributed by atoms with van der Waals surface area (Å²) in [6.07, 6.45) is 7.12. The summed E-state index contributed by atoms with van der Waals surface area (Å²) in [7, 11) is 2.25. The van der Waals surface area contributed by atoms with E-state index in [1.807, 2.05) is 17.5 Å². The molecule has 1 unspecified atom stereocenters. The average molecular weight is 364 g/mol. The van der Waals surface area contributed by atoms with Gasteiger partial charge in [0.2, 0.25) is 0 Å². The molecule has 0 spiro atoms. The Morgan fingerprint density at radius 1 is 1.24 bits per heavy atom. The van der Waals surface area contributed by atoms with Crippen molar-refractivity contribution in [1.29, 1.82) is 0 Å². The Morgan fingerprint density at radius 3 is 2.56 bits per heavy atom. The number of fused-ring (bicyclic) bond motifs is 3. The van der Waals surface area contributed by atoms with Crippen LogP contribution in [0.15, 0.2) is 17.5 Å². The maximum atomic E-state index is 13.9. The van der Waals surface area contributed by atoms with Crippen molar-refractivity contribution in [3.63, 3.8) is 0 Å². The van der Waals surface area contributed by atoms with Crippen molar-refractivity contribution in [1.82, 2.24) is 0 Å². The van der Waals surface area contributed by atoms with Gasteiger partial charge < -0.3 is 14.3 Å². The van der Waals surface area contributed by atoms with Crippen LogP contribution in [0.25, 0.3) is 0 Å². The zero-order chi connectivity index (χ0) is 17.5. The molecule has 3 saturated heterocycles. The molecule has 0 amide bonds. The molecule has 1 saturated carbocycles. The van der Waals surface area contributed by atoms with Gasteiger partial charge in [-0.15, -0.1) is 11.3 Å². The molecule has 2 bridgehead atoms. The van der Waals surface area contributed by atoms with E-state index in [4.69, 9.17) is 4.74 Å². The van der Waals surface area contributed by atoms with E-state index < -0.39 is 11.6 Å². The number of carbonyl (C=O) groups excluding carboxylic acids is 1. The van der Waals surface area contributed by atoms with Gasteiger partial charge in [0, 0.05) is 29.2 Å². The van der Waals surface area contributed by atoms with Gasteiger partial charge >= 0.3 is 5.97 Å². The minimum Gasteiger partial charge on any atom is -0.837 e. The van der Waals surface area contributed by atoms with Gasteiger partial charge in [-0.1, -0.05) is 38.2 Å². The van der Waals surface area contributed by atoms with Crippen LogP contribution in [0, 0.1) is 11.8 Å². The van der Waals surface area contributed by atoms with Crippen molar-refractivity contribution in [2.45, 2.75) is 56.7 Å². The molecule has 4 aliphatic rings. The highest BCUT2D eigenvalue weighted by atomic mass is 32.1. The Hall–Kier alpha value is -0.910. The van der Waals surface area contributed by atoms with Crippen LogP contribution in [-0.2, 0) is 15.1 Å². The quantitative estimate of drug-likeness (QED) is 0.610. The van der Waals surface area contributed by atoms with Gasteiger partial charge in [-0.2, -0.15) is 0 Å². The lowest BCUT2D eigenvalue weighted by atomic mass is 9.76. The second-order valence-electron chi connectivity index (χ2n) is 8.58. The molecule has 4 nitrogen and oxygen atoms in total. The first-order valence-corrected chi connectivity index (χ1v) is 10.7. The Bertz CT molecular complexity index is 602. The number of esters is 1. The molecular weight excluding hydrogens is 334 g/mol. The van der Waals surface area contributed by atoms with Crippen molar-refractivity contribution < 1.29 is 19.1 Å². The minimum absolute atomic E-state index is 0.0723. The summed E-state index contributed by atoms with van der Waals surface area (Å²) in [5, 5.41) is 15.8. The number of quaternary nitrogens is 1. The van der Waals surface area contributed by atoms with E-state index in [0.717, 1.165) is 49.6 Å². The molecule has 0 aromatic carbocycles. The summed E-state index contributed by atoms with van der Waals surface area (Å²) in [6, 6.07) is 3.71. The van der Waals surface area contributed by atoms with Gasteiger partial charge in [0.15, 0.2) is 6.10 Å². The van der Waals surface area contributed by atoms with Gasteiger partial charge in [0.1, 0.15) is 6.54 Å². The second kappa shape index (κ2) is 6.67. The van der Waals surface area contributed by atoms with E-state index in [2.05, 4.69) is 7.05 Å². The average Bonchev–Trinajstić information content (AvgIpc) is 3.17. The van der Waals surface area contributed by atoms with Gasteiger partial charge in [-0.25, -0.2) is 0 Å². The highest BCUT2D eigenvalue weighted by Crippen LogP contribution is 2.41. The van der Waals surface area contributed by atoms with Gasteiger partial charge in [-0.05, 0) is 17.4 Å². The zero-order valence-electron chi connectivity index (χ0n) is 15.1. The summed E-state index contributed by atoms with van der Waals surface area (Å²) >= 11 is 1.41. The first kappa shape index (κ1) is 17.5. The van der Waals surface area contributed by atoms with E-state index in [1.54, 1.807) is 0 Å². The number of hydrogen-bond acceptors (Lipinski definition) is 4. The smallest absolute Gasteiger partial charge is 0.301 e. The normalized spacial score (nSPS) is 35.3. The zero-order valence-corrected chi connectivity index (χ0v) is 15.9. The third-order valence-corrected chi connectivity index (χ3v) is 7.84. The largest absolute Gasteiger partial charge is 0.837 e. The van der Waals surface area contributed by atoms with Crippen molar-refractivity contribution in [2.24, 2.45) is 11.8 Å². The van der Waals surface area contributed by atoms with Gasteiger partial charge in [0.25, 0.3) is 0 Å². The molecule has 5 heteroatoms. The fourth-order valence-corrected chi connectivity index (χ4v) is 6.06. The number of nitrogens with zero attached hydrogens (tertiary/aromatic N) is 1. The highest BCUT2D eigenvalue weighted by Gasteiger charge is 2.47. The van der Waals surface area contributed by atoms with Crippen molar-refractivity contribution in [3.05, 3.63) is 22.4 Å². The number of ether oxygens (including phenoxy) is 1. The Labute approximate surface area is 154 Å². The lowest BCUT2D eigenvalue weighted by Crippen LogP contribution is -2.64. The molecule has 4 heterocycles.